The van der Waals surface area contributed by atoms with Gasteiger partial charge in [-0.2, -0.15) is 0 Å². The Balaban J connectivity index is 1.66. The molecule has 5 aromatic rings. The molecule has 6 nitrogen and oxygen atoms in total. The molecule has 0 N–H and O–H groups in total. The van der Waals surface area contributed by atoms with Gasteiger partial charge in [0, 0.05) is 23.6 Å². The quantitative estimate of drug-likeness (QED) is 0.384. The fourth-order valence-corrected chi connectivity index (χ4v) is 4.94. The third-order valence-electron chi connectivity index (χ3n) is 4.34. The molecule has 0 radical (unpaired) electrons. The van der Waals surface area contributed by atoms with Crippen LogP contribution in [0.1, 0.15) is 5.56 Å². The maximum Gasteiger partial charge on any atom is 0.202 e. The maximum absolute atomic E-state index is 13.5. The smallest absolute Gasteiger partial charge is 0.202 e. The van der Waals surface area contributed by atoms with Crippen molar-refractivity contribution < 1.29 is 4.39 Å². The molecule has 0 saturated carbocycles. The minimum absolute atomic E-state index is 0.298. The summed E-state index contributed by atoms with van der Waals surface area (Å²) < 4.78 is 16.4. The van der Waals surface area contributed by atoms with Crippen LogP contribution in [0.4, 0.5) is 4.39 Å². The number of nitrogens with zero attached hydrogens (tertiary/aromatic N) is 6. The van der Waals surface area contributed by atoms with Gasteiger partial charge in [-0.15, -0.1) is 21.5 Å². The number of benzene rings is 1. The molecule has 142 valence electrons. The summed E-state index contributed by atoms with van der Waals surface area (Å²) in [6.07, 6.45) is 4.97. The lowest BCUT2D eigenvalue weighted by molar-refractivity contribution is 0.627. The van der Waals surface area contributed by atoms with E-state index < -0.39 is 0 Å². The zero-order valence-corrected chi connectivity index (χ0v) is 16.8. The number of pyridine rings is 1. The van der Waals surface area contributed by atoms with Gasteiger partial charge in [-0.3, -0.25) is 9.55 Å². The molecular weight excluding hydrogens is 407 g/mol. The molecule has 0 bridgehead atoms. The highest BCUT2D eigenvalue weighted by molar-refractivity contribution is 7.99. The second-order valence-corrected chi connectivity index (χ2v) is 8.07. The summed E-state index contributed by atoms with van der Waals surface area (Å²) in [4.78, 5) is 12.9. The number of aromatic nitrogens is 6. The fourth-order valence-electron chi connectivity index (χ4n) is 2.95. The SMILES string of the molecule is Cc1csc2c(Sc3nnc(-c4ccncc4)n3-c3ccc(F)cc3)ncnc12. The van der Waals surface area contributed by atoms with E-state index in [4.69, 9.17) is 0 Å². The lowest BCUT2D eigenvalue weighted by Gasteiger charge is -2.10. The van der Waals surface area contributed by atoms with Gasteiger partial charge >= 0.3 is 0 Å². The van der Waals surface area contributed by atoms with Gasteiger partial charge in [0.1, 0.15) is 17.2 Å². The zero-order valence-electron chi connectivity index (χ0n) is 15.2. The number of hydrogen-bond donors (Lipinski definition) is 0. The van der Waals surface area contributed by atoms with Crippen molar-refractivity contribution in [1.29, 1.82) is 0 Å². The van der Waals surface area contributed by atoms with Gasteiger partial charge in [-0.25, -0.2) is 14.4 Å². The molecule has 4 heterocycles. The van der Waals surface area contributed by atoms with Gasteiger partial charge in [-0.1, -0.05) is 0 Å². The molecule has 0 atom stereocenters. The van der Waals surface area contributed by atoms with Crippen LogP contribution in [0.15, 0.2) is 70.7 Å². The number of aryl methyl sites for hydroxylation is 1. The van der Waals surface area contributed by atoms with Crippen LogP contribution in [0, 0.1) is 12.7 Å². The monoisotopic (exact) mass is 420 g/mol. The first-order valence-electron chi connectivity index (χ1n) is 8.69. The topological polar surface area (TPSA) is 69.4 Å². The van der Waals surface area contributed by atoms with E-state index in [1.165, 1.54) is 23.9 Å². The van der Waals surface area contributed by atoms with E-state index in [0.29, 0.717) is 11.0 Å². The Morgan fingerprint density at radius 2 is 1.79 bits per heavy atom. The first kappa shape index (κ1) is 17.9. The Morgan fingerprint density at radius 1 is 1.00 bits per heavy atom. The molecule has 9 heteroatoms. The molecule has 5 rings (SSSR count). The Bertz CT molecular complexity index is 1300. The van der Waals surface area contributed by atoms with Gasteiger partial charge in [0.2, 0.25) is 5.16 Å². The summed E-state index contributed by atoms with van der Waals surface area (Å²) in [5.74, 6) is 0.349. The number of rotatable bonds is 4. The van der Waals surface area contributed by atoms with Crippen molar-refractivity contribution in [3.8, 4) is 17.1 Å². The van der Waals surface area contributed by atoms with Crippen LogP contribution < -0.4 is 0 Å². The molecular formula is C20H13FN6S2. The molecule has 4 aromatic heterocycles. The average Bonchev–Trinajstić information content (AvgIpc) is 3.34. The van der Waals surface area contributed by atoms with Crippen molar-refractivity contribution in [3.63, 3.8) is 0 Å². The molecule has 0 spiro atoms. The first-order valence-corrected chi connectivity index (χ1v) is 10.4. The molecule has 0 aliphatic heterocycles. The summed E-state index contributed by atoms with van der Waals surface area (Å²) >= 11 is 3.02. The van der Waals surface area contributed by atoms with Gasteiger partial charge in [0.25, 0.3) is 0 Å². The largest absolute Gasteiger partial charge is 0.270 e. The minimum Gasteiger partial charge on any atom is -0.270 e. The van der Waals surface area contributed by atoms with E-state index in [2.05, 4.69) is 30.5 Å². The van der Waals surface area contributed by atoms with E-state index in [9.17, 15) is 4.39 Å². The number of fused-ring (bicyclic) bond motifs is 1. The second-order valence-electron chi connectivity index (χ2n) is 6.23. The Morgan fingerprint density at radius 3 is 2.59 bits per heavy atom. The van der Waals surface area contributed by atoms with Crippen molar-refractivity contribution in [2.24, 2.45) is 0 Å². The molecule has 0 saturated heterocycles. The van der Waals surface area contributed by atoms with Crippen molar-refractivity contribution in [2.75, 3.05) is 0 Å². The maximum atomic E-state index is 13.5. The van der Waals surface area contributed by atoms with Crippen molar-refractivity contribution in [2.45, 2.75) is 17.1 Å². The third kappa shape index (κ3) is 3.28. The van der Waals surface area contributed by atoms with Gasteiger partial charge in [0.15, 0.2) is 5.82 Å². The minimum atomic E-state index is -0.298. The van der Waals surface area contributed by atoms with Crippen LogP contribution in [-0.4, -0.2) is 29.7 Å². The summed E-state index contributed by atoms with van der Waals surface area (Å²) in [6.45, 7) is 2.03. The van der Waals surface area contributed by atoms with Crippen molar-refractivity contribution in [3.05, 3.63) is 71.9 Å². The number of thiophene rings is 1. The standard InChI is InChI=1S/C20H13FN6S2/c1-12-10-28-17-16(12)23-11-24-19(17)29-20-26-25-18(13-6-8-22-9-7-13)27(20)15-4-2-14(21)3-5-15/h2-11H,1H3. The third-order valence-corrected chi connectivity index (χ3v) is 6.52. The summed E-state index contributed by atoms with van der Waals surface area (Å²) in [7, 11) is 0. The molecule has 0 aliphatic carbocycles. The number of halogens is 1. The Hall–Kier alpha value is -3.17. The molecule has 0 aliphatic rings. The average molecular weight is 420 g/mol. The molecule has 0 amide bonds. The van der Waals surface area contributed by atoms with Crippen molar-refractivity contribution >= 4 is 33.3 Å². The number of hydrogen-bond acceptors (Lipinski definition) is 7. The fraction of sp³-hybridized carbons (Fsp3) is 0.0500. The molecule has 0 unspecified atom stereocenters. The van der Waals surface area contributed by atoms with Crippen LogP contribution in [0.5, 0.6) is 0 Å². The summed E-state index contributed by atoms with van der Waals surface area (Å²) in [5.41, 5.74) is 3.68. The summed E-state index contributed by atoms with van der Waals surface area (Å²) in [5, 5.41) is 12.3. The van der Waals surface area contributed by atoms with Crippen LogP contribution in [-0.2, 0) is 0 Å². The van der Waals surface area contributed by atoms with E-state index in [-0.39, 0.29) is 5.82 Å². The van der Waals surface area contributed by atoms with E-state index in [0.717, 1.165) is 32.1 Å². The lowest BCUT2D eigenvalue weighted by Crippen LogP contribution is -2.00. The lowest BCUT2D eigenvalue weighted by atomic mass is 10.2. The predicted molar refractivity (Wildman–Crippen MR) is 111 cm³/mol. The van der Waals surface area contributed by atoms with E-state index in [1.807, 2.05) is 23.6 Å². The molecule has 29 heavy (non-hydrogen) atoms. The zero-order chi connectivity index (χ0) is 19.8. The van der Waals surface area contributed by atoms with E-state index in [1.54, 1.807) is 42.2 Å². The highest BCUT2D eigenvalue weighted by atomic mass is 32.2. The second kappa shape index (κ2) is 7.34. The Labute approximate surface area is 173 Å². The van der Waals surface area contributed by atoms with Crippen LogP contribution >= 0.6 is 23.1 Å². The van der Waals surface area contributed by atoms with Crippen LogP contribution in [0.3, 0.4) is 0 Å². The Kier molecular flexibility index (Phi) is 4.53. The van der Waals surface area contributed by atoms with Crippen molar-refractivity contribution in [1.82, 2.24) is 29.7 Å². The van der Waals surface area contributed by atoms with Gasteiger partial charge < -0.3 is 0 Å². The van der Waals surface area contributed by atoms with Gasteiger partial charge in [-0.05, 0) is 66.0 Å². The molecule has 1 aromatic carbocycles. The highest BCUT2D eigenvalue weighted by Gasteiger charge is 2.19. The highest BCUT2D eigenvalue weighted by Crippen LogP contribution is 2.37. The normalized spacial score (nSPS) is 11.2. The molecule has 0 fully saturated rings. The van der Waals surface area contributed by atoms with E-state index >= 15 is 0 Å². The first-order chi connectivity index (χ1) is 14.2. The predicted octanol–water partition coefficient (Wildman–Crippen LogP) is 4.93. The van der Waals surface area contributed by atoms with Crippen LogP contribution in [0.25, 0.3) is 27.3 Å². The van der Waals surface area contributed by atoms with Gasteiger partial charge in [0.05, 0.1) is 10.2 Å². The van der Waals surface area contributed by atoms with Crippen LogP contribution in [0.2, 0.25) is 0 Å². The summed E-state index contributed by atoms with van der Waals surface area (Å²) in [6, 6.07) is 9.99.